The maximum absolute atomic E-state index is 13.0. The highest BCUT2D eigenvalue weighted by Crippen LogP contribution is 2.34. The van der Waals surface area contributed by atoms with Gasteiger partial charge in [0.05, 0.1) is 24.1 Å². The van der Waals surface area contributed by atoms with Crippen LogP contribution in [0.25, 0.3) is 11.3 Å². The van der Waals surface area contributed by atoms with Gasteiger partial charge >= 0.3 is 6.18 Å². The second-order valence-electron chi connectivity index (χ2n) is 6.97. The first kappa shape index (κ1) is 22.1. The van der Waals surface area contributed by atoms with Gasteiger partial charge in [-0.25, -0.2) is 4.68 Å². The van der Waals surface area contributed by atoms with E-state index in [-0.39, 0.29) is 11.4 Å². The standard InChI is InChI=1S/C22H20F3N3O3/c1-13-4-5-15(10-14(13)2)17-7-9-21(30)28(27-17)12-20(29)26-18-11-16(22(23,24)25)6-8-19(18)31-3/h4-11H,12H2,1-3H3,(H,26,29). The topological polar surface area (TPSA) is 73.2 Å². The molecule has 2 aromatic carbocycles. The van der Waals surface area contributed by atoms with Crippen LogP contribution in [0.2, 0.25) is 0 Å². The molecule has 6 nitrogen and oxygen atoms in total. The van der Waals surface area contributed by atoms with E-state index in [2.05, 4.69) is 10.4 Å². The second-order valence-corrected chi connectivity index (χ2v) is 6.97. The van der Waals surface area contributed by atoms with Crippen molar-refractivity contribution < 1.29 is 22.7 Å². The number of hydrogen-bond donors (Lipinski definition) is 1. The number of halogens is 3. The van der Waals surface area contributed by atoms with E-state index in [0.29, 0.717) is 5.69 Å². The Kier molecular flexibility index (Phi) is 6.14. The molecular formula is C22H20F3N3O3. The van der Waals surface area contributed by atoms with E-state index in [1.165, 1.54) is 13.2 Å². The van der Waals surface area contributed by atoms with Crippen LogP contribution in [0.1, 0.15) is 16.7 Å². The molecule has 1 amide bonds. The van der Waals surface area contributed by atoms with Crippen molar-refractivity contribution in [1.82, 2.24) is 9.78 Å². The molecular weight excluding hydrogens is 411 g/mol. The lowest BCUT2D eigenvalue weighted by molar-refractivity contribution is -0.137. The minimum atomic E-state index is -4.58. The predicted octanol–water partition coefficient (Wildman–Crippen LogP) is 4.19. The Balaban J connectivity index is 1.86. The number of carbonyl (C=O) groups is 1. The molecule has 162 valence electrons. The first-order valence-electron chi connectivity index (χ1n) is 9.29. The Morgan fingerprint density at radius 3 is 2.45 bits per heavy atom. The zero-order valence-electron chi connectivity index (χ0n) is 17.1. The molecule has 0 spiro atoms. The van der Waals surface area contributed by atoms with Crippen LogP contribution in [0, 0.1) is 13.8 Å². The van der Waals surface area contributed by atoms with E-state index in [4.69, 9.17) is 4.74 Å². The molecule has 0 aliphatic rings. The third kappa shape index (κ3) is 5.11. The van der Waals surface area contributed by atoms with Crippen LogP contribution < -0.4 is 15.6 Å². The Morgan fingerprint density at radius 1 is 1.06 bits per heavy atom. The summed E-state index contributed by atoms with van der Waals surface area (Å²) in [7, 11) is 1.28. The van der Waals surface area contributed by atoms with Crippen molar-refractivity contribution in [2.24, 2.45) is 0 Å². The fourth-order valence-electron chi connectivity index (χ4n) is 2.92. The van der Waals surface area contributed by atoms with Gasteiger partial charge < -0.3 is 10.1 Å². The highest BCUT2D eigenvalue weighted by Gasteiger charge is 2.31. The van der Waals surface area contributed by atoms with Gasteiger partial charge in [-0.15, -0.1) is 0 Å². The van der Waals surface area contributed by atoms with Crippen LogP contribution in [0.3, 0.4) is 0 Å². The van der Waals surface area contributed by atoms with Crippen LogP contribution in [0.4, 0.5) is 18.9 Å². The predicted molar refractivity (Wildman–Crippen MR) is 110 cm³/mol. The van der Waals surface area contributed by atoms with Crippen molar-refractivity contribution >= 4 is 11.6 Å². The smallest absolute Gasteiger partial charge is 0.416 e. The molecule has 1 heterocycles. The van der Waals surface area contributed by atoms with E-state index in [9.17, 15) is 22.8 Å². The second kappa shape index (κ2) is 8.63. The zero-order chi connectivity index (χ0) is 22.8. The van der Waals surface area contributed by atoms with Gasteiger partial charge in [-0.1, -0.05) is 12.1 Å². The van der Waals surface area contributed by atoms with E-state index in [1.54, 1.807) is 6.07 Å². The maximum atomic E-state index is 13.0. The normalized spacial score (nSPS) is 11.3. The summed E-state index contributed by atoms with van der Waals surface area (Å²) < 4.78 is 44.9. The first-order chi connectivity index (χ1) is 14.6. The van der Waals surface area contributed by atoms with Gasteiger partial charge in [-0.05, 0) is 55.3 Å². The zero-order valence-corrected chi connectivity index (χ0v) is 17.1. The first-order valence-corrected chi connectivity index (χ1v) is 9.29. The van der Waals surface area contributed by atoms with E-state index in [0.717, 1.165) is 39.6 Å². The van der Waals surface area contributed by atoms with E-state index < -0.39 is 29.8 Å². The average Bonchev–Trinajstić information content (AvgIpc) is 2.71. The molecule has 0 radical (unpaired) electrons. The Bertz CT molecular complexity index is 1190. The van der Waals surface area contributed by atoms with Crippen LogP contribution in [-0.4, -0.2) is 22.8 Å². The quantitative estimate of drug-likeness (QED) is 0.658. The molecule has 1 aromatic heterocycles. The summed E-state index contributed by atoms with van der Waals surface area (Å²) in [5.74, 6) is -0.657. The number of rotatable bonds is 5. The number of ether oxygens (including phenoxy) is 1. The summed E-state index contributed by atoms with van der Waals surface area (Å²) in [4.78, 5) is 24.6. The van der Waals surface area contributed by atoms with Gasteiger partial charge in [0.15, 0.2) is 0 Å². The van der Waals surface area contributed by atoms with Crippen molar-refractivity contribution in [1.29, 1.82) is 0 Å². The lowest BCUT2D eigenvalue weighted by Gasteiger charge is -2.14. The molecule has 0 aliphatic carbocycles. The number of benzene rings is 2. The van der Waals surface area contributed by atoms with Crippen LogP contribution in [0.15, 0.2) is 53.3 Å². The summed E-state index contributed by atoms with van der Waals surface area (Å²) >= 11 is 0. The fourth-order valence-corrected chi connectivity index (χ4v) is 2.92. The Hall–Kier alpha value is -3.62. The molecule has 3 rings (SSSR count). The number of nitrogens with zero attached hydrogens (tertiary/aromatic N) is 2. The number of nitrogens with one attached hydrogen (secondary N) is 1. The van der Waals surface area contributed by atoms with Gasteiger partial charge in [0.2, 0.25) is 5.91 Å². The third-order valence-corrected chi connectivity index (χ3v) is 4.76. The number of amides is 1. The monoisotopic (exact) mass is 431 g/mol. The molecule has 0 bridgehead atoms. The van der Waals surface area contributed by atoms with E-state index >= 15 is 0 Å². The molecule has 0 unspecified atom stereocenters. The van der Waals surface area contributed by atoms with Gasteiger partial charge in [-0.2, -0.15) is 18.3 Å². The largest absolute Gasteiger partial charge is 0.495 e. The maximum Gasteiger partial charge on any atom is 0.416 e. The summed E-state index contributed by atoms with van der Waals surface area (Å²) in [5.41, 5.74) is 1.82. The Labute approximate surface area is 176 Å². The summed E-state index contributed by atoms with van der Waals surface area (Å²) in [5, 5.41) is 6.59. The minimum absolute atomic E-state index is 0.0607. The molecule has 0 aliphatic heterocycles. The van der Waals surface area contributed by atoms with Gasteiger partial charge in [0.25, 0.3) is 5.56 Å². The summed E-state index contributed by atoms with van der Waals surface area (Å²) in [6.07, 6.45) is -4.58. The average molecular weight is 431 g/mol. The van der Waals surface area contributed by atoms with E-state index in [1.807, 2.05) is 32.0 Å². The molecule has 0 saturated heterocycles. The molecule has 0 atom stereocenters. The number of alkyl halides is 3. The number of methoxy groups -OCH3 is 1. The SMILES string of the molecule is COc1ccc(C(F)(F)F)cc1NC(=O)Cn1nc(-c2ccc(C)c(C)c2)ccc1=O. The third-order valence-electron chi connectivity index (χ3n) is 4.76. The molecule has 1 N–H and O–H groups in total. The highest BCUT2D eigenvalue weighted by atomic mass is 19.4. The minimum Gasteiger partial charge on any atom is -0.495 e. The van der Waals surface area contributed by atoms with Crippen molar-refractivity contribution in [3.05, 3.63) is 75.6 Å². The van der Waals surface area contributed by atoms with Crippen molar-refractivity contribution in [3.8, 4) is 17.0 Å². The van der Waals surface area contributed by atoms with Crippen LogP contribution in [-0.2, 0) is 17.5 Å². The molecule has 31 heavy (non-hydrogen) atoms. The van der Waals surface area contributed by atoms with Crippen LogP contribution in [0.5, 0.6) is 5.75 Å². The molecule has 3 aromatic rings. The number of hydrogen-bond acceptors (Lipinski definition) is 4. The van der Waals surface area contributed by atoms with Gasteiger partial charge in [0.1, 0.15) is 12.3 Å². The summed E-state index contributed by atoms with van der Waals surface area (Å²) in [6.45, 7) is 3.45. The number of aryl methyl sites for hydroxylation is 2. The molecule has 0 fully saturated rings. The Morgan fingerprint density at radius 2 is 1.81 bits per heavy atom. The van der Waals surface area contributed by atoms with Crippen molar-refractivity contribution in [3.63, 3.8) is 0 Å². The molecule has 0 saturated carbocycles. The highest BCUT2D eigenvalue weighted by molar-refractivity contribution is 5.92. The van der Waals surface area contributed by atoms with Gasteiger partial charge in [0, 0.05) is 11.6 Å². The fraction of sp³-hybridized carbons (Fsp3) is 0.227. The van der Waals surface area contributed by atoms with Crippen LogP contribution >= 0.6 is 0 Å². The summed E-state index contributed by atoms with van der Waals surface area (Å²) in [6, 6.07) is 11.3. The lowest BCUT2D eigenvalue weighted by atomic mass is 10.0. The lowest BCUT2D eigenvalue weighted by Crippen LogP contribution is -2.29. The number of carbonyl (C=O) groups excluding carboxylic acids is 1. The number of aromatic nitrogens is 2. The number of anilines is 1. The molecule has 9 heteroatoms. The van der Waals surface area contributed by atoms with Gasteiger partial charge in [-0.3, -0.25) is 9.59 Å². The van der Waals surface area contributed by atoms with Crippen molar-refractivity contribution in [2.45, 2.75) is 26.6 Å². The van der Waals surface area contributed by atoms with Crippen molar-refractivity contribution in [2.75, 3.05) is 12.4 Å².